The van der Waals surface area contributed by atoms with Gasteiger partial charge in [-0.3, -0.25) is 14.4 Å². The summed E-state index contributed by atoms with van der Waals surface area (Å²) in [6.07, 6.45) is 6.09. The molecule has 0 amide bonds. The van der Waals surface area contributed by atoms with Gasteiger partial charge in [0, 0.05) is 19.9 Å². The van der Waals surface area contributed by atoms with Gasteiger partial charge >= 0.3 is 19.4 Å². The fourth-order valence-electron chi connectivity index (χ4n) is 2.82. The number of esters is 2. The van der Waals surface area contributed by atoms with E-state index in [9.17, 15) is 23.0 Å². The van der Waals surface area contributed by atoms with E-state index in [1.807, 2.05) is 0 Å². The monoisotopic (exact) mass is 500 g/mol. The molecule has 0 saturated carbocycles. The molecule has 0 atom stereocenters. The zero-order valence-electron chi connectivity index (χ0n) is 20.0. The van der Waals surface area contributed by atoms with Crippen molar-refractivity contribution in [2.45, 2.75) is 13.8 Å². The van der Waals surface area contributed by atoms with Gasteiger partial charge in [0.15, 0.2) is 28.8 Å². The van der Waals surface area contributed by atoms with E-state index in [0.29, 0.717) is 11.1 Å². The maximum absolute atomic E-state index is 12.9. The van der Waals surface area contributed by atoms with Crippen molar-refractivity contribution < 1.29 is 46.6 Å². The first kappa shape index (κ1) is 27.8. The topological polar surface area (TPSA) is 97.4 Å². The predicted molar refractivity (Wildman–Crippen MR) is 129 cm³/mol. The van der Waals surface area contributed by atoms with Crippen LogP contribution in [0, 0.1) is 0 Å². The average molecular weight is 500 g/mol. The molecule has 0 aliphatic rings. The van der Waals surface area contributed by atoms with Crippen molar-refractivity contribution in [1.29, 1.82) is 0 Å². The molecule has 0 aromatic heterocycles. The van der Waals surface area contributed by atoms with Crippen molar-refractivity contribution in [3.63, 3.8) is 0 Å². The summed E-state index contributed by atoms with van der Waals surface area (Å²) in [5.41, 5.74) is 1.05. The van der Waals surface area contributed by atoms with Crippen LogP contribution < -0.4 is 18.9 Å². The molecule has 0 aliphatic heterocycles. The standard InChI is InChI=1S/C25H23BF2O8/c1-16(29)34-22-11-7-18(13-24(22)32-3)5-9-20(31)15-21(36-26(27)28)10-6-19-8-12-23(35-17(2)30)25(14-19)33-4/h5-15H,1-4H3/b9-5+,10-6+,21-15-. The maximum Gasteiger partial charge on any atom is 0.796 e. The van der Waals surface area contributed by atoms with Crippen LogP contribution in [0.4, 0.5) is 8.63 Å². The number of methoxy groups -OCH3 is 2. The van der Waals surface area contributed by atoms with Gasteiger partial charge in [-0.25, -0.2) is 8.63 Å². The van der Waals surface area contributed by atoms with E-state index in [-0.39, 0.29) is 28.8 Å². The van der Waals surface area contributed by atoms with Gasteiger partial charge in [-0.15, -0.1) is 0 Å². The van der Waals surface area contributed by atoms with E-state index >= 15 is 0 Å². The molecule has 36 heavy (non-hydrogen) atoms. The molecule has 0 heterocycles. The first-order valence-corrected chi connectivity index (χ1v) is 10.4. The van der Waals surface area contributed by atoms with Gasteiger partial charge in [0.1, 0.15) is 5.76 Å². The smallest absolute Gasteiger partial charge is 0.505 e. The van der Waals surface area contributed by atoms with E-state index in [1.54, 1.807) is 12.1 Å². The van der Waals surface area contributed by atoms with Crippen molar-refractivity contribution in [3.8, 4) is 23.0 Å². The second kappa shape index (κ2) is 13.5. The van der Waals surface area contributed by atoms with Gasteiger partial charge in [0.25, 0.3) is 0 Å². The van der Waals surface area contributed by atoms with E-state index in [1.165, 1.54) is 70.6 Å². The Bertz CT molecular complexity index is 1200. The summed E-state index contributed by atoms with van der Waals surface area (Å²) in [6.45, 7) is 2.49. The Morgan fingerprint density at radius 1 is 0.750 bits per heavy atom. The molecule has 0 fully saturated rings. The lowest BCUT2D eigenvalue weighted by Gasteiger charge is -2.08. The molecule has 0 bridgehead atoms. The Hall–Kier alpha value is -4.41. The van der Waals surface area contributed by atoms with E-state index in [4.69, 9.17) is 18.9 Å². The lowest BCUT2D eigenvalue weighted by atomic mass is 10.1. The summed E-state index contributed by atoms with van der Waals surface area (Å²) < 4.78 is 50.5. The highest BCUT2D eigenvalue weighted by Crippen LogP contribution is 2.30. The molecule has 0 N–H and O–H groups in total. The van der Waals surface area contributed by atoms with Gasteiger partial charge in [-0.1, -0.05) is 24.3 Å². The minimum Gasteiger partial charge on any atom is -0.505 e. The molecule has 188 valence electrons. The highest BCUT2D eigenvalue weighted by molar-refractivity contribution is 6.35. The molecule has 0 aliphatic carbocycles. The van der Waals surface area contributed by atoms with Gasteiger partial charge in [0.2, 0.25) is 0 Å². The fraction of sp³-hybridized carbons (Fsp3) is 0.160. The number of ether oxygens (including phenoxy) is 4. The number of allylic oxidation sites excluding steroid dienone is 3. The second-order valence-corrected chi connectivity index (χ2v) is 7.00. The van der Waals surface area contributed by atoms with E-state index < -0.39 is 25.2 Å². The summed E-state index contributed by atoms with van der Waals surface area (Å²) in [6, 6.07) is 9.17. The maximum atomic E-state index is 12.9. The largest absolute Gasteiger partial charge is 0.796 e. The third-order valence-electron chi connectivity index (χ3n) is 4.27. The molecule has 2 rings (SSSR count). The van der Waals surface area contributed by atoms with Crippen LogP contribution in [0.25, 0.3) is 12.2 Å². The van der Waals surface area contributed by atoms with Crippen LogP contribution in [0.5, 0.6) is 23.0 Å². The first-order chi connectivity index (χ1) is 17.1. The zero-order chi connectivity index (χ0) is 26.7. The number of ketones is 1. The van der Waals surface area contributed by atoms with Crippen molar-refractivity contribution in [2.24, 2.45) is 0 Å². The first-order valence-electron chi connectivity index (χ1n) is 10.4. The molecule has 0 spiro atoms. The van der Waals surface area contributed by atoms with E-state index in [0.717, 1.165) is 12.2 Å². The molecular weight excluding hydrogens is 477 g/mol. The molecule has 2 aromatic carbocycles. The molecule has 11 heteroatoms. The molecule has 0 radical (unpaired) electrons. The van der Waals surface area contributed by atoms with Crippen LogP contribution in [-0.4, -0.2) is 39.4 Å². The number of rotatable bonds is 11. The minimum absolute atomic E-state index is 0.194. The van der Waals surface area contributed by atoms with E-state index in [2.05, 4.69) is 4.65 Å². The summed E-state index contributed by atoms with van der Waals surface area (Å²) in [7, 11) is -0.383. The number of carbonyl (C=O) groups excluding carboxylic acids is 3. The lowest BCUT2D eigenvalue weighted by Crippen LogP contribution is -2.05. The molecule has 8 nitrogen and oxygen atoms in total. The molecular formula is C25H23BF2O8. The molecule has 0 saturated heterocycles. The lowest BCUT2D eigenvalue weighted by molar-refractivity contribution is -0.132. The quantitative estimate of drug-likeness (QED) is 0.110. The van der Waals surface area contributed by atoms with Gasteiger partial charge in [0.05, 0.1) is 14.2 Å². The van der Waals surface area contributed by atoms with Crippen molar-refractivity contribution >= 4 is 37.3 Å². The Balaban J connectivity index is 2.22. The SMILES string of the molecule is COc1cc(/C=C/C(=O)/C=C(/C=C/c2ccc(OC(C)=O)c(OC)c2)OB(F)F)ccc1OC(C)=O. The van der Waals surface area contributed by atoms with Crippen LogP contribution in [0.1, 0.15) is 25.0 Å². The normalized spacial score (nSPS) is 11.3. The third-order valence-corrected chi connectivity index (χ3v) is 4.27. The number of carbonyl (C=O) groups is 3. The highest BCUT2D eigenvalue weighted by Gasteiger charge is 2.18. The third kappa shape index (κ3) is 9.09. The average Bonchev–Trinajstić information content (AvgIpc) is 2.81. The number of benzene rings is 2. The fourth-order valence-corrected chi connectivity index (χ4v) is 2.82. The zero-order valence-corrected chi connectivity index (χ0v) is 20.0. The summed E-state index contributed by atoms with van der Waals surface area (Å²) in [5, 5.41) is 0. The van der Waals surface area contributed by atoms with Crippen molar-refractivity contribution in [2.75, 3.05) is 14.2 Å². The number of hydrogen-bond donors (Lipinski definition) is 0. The Labute approximate surface area is 207 Å². The van der Waals surface area contributed by atoms with Crippen LogP contribution in [0.15, 0.2) is 60.4 Å². The minimum atomic E-state index is -3.16. The molecule has 2 aromatic rings. The van der Waals surface area contributed by atoms with Crippen molar-refractivity contribution in [3.05, 3.63) is 71.5 Å². The Kier molecular flexibility index (Phi) is 10.4. The number of hydrogen-bond acceptors (Lipinski definition) is 8. The second-order valence-electron chi connectivity index (χ2n) is 7.00. The summed E-state index contributed by atoms with van der Waals surface area (Å²) >= 11 is 0. The number of halogens is 2. The van der Waals surface area contributed by atoms with Gasteiger partial charge < -0.3 is 23.6 Å². The predicted octanol–water partition coefficient (Wildman–Crippen LogP) is 4.67. The highest BCUT2D eigenvalue weighted by atomic mass is 19.2. The van der Waals surface area contributed by atoms with Gasteiger partial charge in [-0.2, -0.15) is 0 Å². The van der Waals surface area contributed by atoms with Crippen LogP contribution in [-0.2, 0) is 19.0 Å². The summed E-state index contributed by atoms with van der Waals surface area (Å²) in [4.78, 5) is 34.7. The van der Waals surface area contributed by atoms with Gasteiger partial charge in [-0.05, 0) is 47.5 Å². The van der Waals surface area contributed by atoms with Crippen LogP contribution in [0.2, 0.25) is 0 Å². The Morgan fingerprint density at radius 2 is 1.22 bits per heavy atom. The van der Waals surface area contributed by atoms with Crippen LogP contribution in [0.3, 0.4) is 0 Å². The van der Waals surface area contributed by atoms with Crippen molar-refractivity contribution in [1.82, 2.24) is 0 Å². The Morgan fingerprint density at radius 3 is 1.64 bits per heavy atom. The summed E-state index contributed by atoms with van der Waals surface area (Å²) in [5.74, 6) is -1.13. The van der Waals surface area contributed by atoms with Crippen LogP contribution >= 0.6 is 0 Å². The molecule has 0 unspecified atom stereocenters.